The third-order valence-electron chi connectivity index (χ3n) is 4.49. The molecule has 1 fully saturated rings. The molecular weight excluding hydrogens is 308 g/mol. The van der Waals surface area contributed by atoms with Gasteiger partial charge in [0, 0.05) is 11.2 Å². The van der Waals surface area contributed by atoms with Crippen LogP contribution in [0, 0.1) is 5.41 Å². The summed E-state index contributed by atoms with van der Waals surface area (Å²) in [5.41, 5.74) is 1.87. The van der Waals surface area contributed by atoms with Crippen molar-refractivity contribution in [1.29, 1.82) is 0 Å². The summed E-state index contributed by atoms with van der Waals surface area (Å²) in [4.78, 5) is 16.6. The number of aromatic nitrogens is 2. The molecule has 0 aliphatic heterocycles. The van der Waals surface area contributed by atoms with E-state index in [1.165, 1.54) is 0 Å². The van der Waals surface area contributed by atoms with Crippen LogP contribution >= 0.6 is 11.8 Å². The molecule has 0 radical (unpaired) electrons. The zero-order valence-corrected chi connectivity index (χ0v) is 14.4. The second-order valence-corrected chi connectivity index (χ2v) is 7.15. The number of imidazole rings is 1. The Balaban J connectivity index is 1.69. The number of thioether (sulfide) groups is 1. The number of carbonyl (C=O) groups is 1. The van der Waals surface area contributed by atoms with Crippen LogP contribution in [-0.2, 0) is 4.74 Å². The van der Waals surface area contributed by atoms with Crippen LogP contribution in [0.25, 0.3) is 0 Å². The van der Waals surface area contributed by atoms with E-state index in [1.54, 1.807) is 12.5 Å². The first-order valence-electron chi connectivity index (χ1n) is 7.88. The first kappa shape index (κ1) is 16.1. The number of hydrogen-bond donors (Lipinski definition) is 0. The van der Waals surface area contributed by atoms with Crippen LogP contribution in [0.1, 0.15) is 41.9 Å². The third-order valence-corrected chi connectivity index (χ3v) is 5.39. The van der Waals surface area contributed by atoms with Crippen molar-refractivity contribution in [3.63, 3.8) is 0 Å². The SMILES string of the molecule is CSCC1(COC(=O)c2cncn2[C@H](C)c2ccccc2)CC1. The molecule has 0 amide bonds. The Kier molecular flexibility index (Phi) is 4.76. The molecule has 1 saturated carbocycles. The van der Waals surface area contributed by atoms with Crippen LogP contribution in [0.2, 0.25) is 0 Å². The highest BCUT2D eigenvalue weighted by atomic mass is 32.2. The van der Waals surface area contributed by atoms with Gasteiger partial charge in [-0.25, -0.2) is 9.78 Å². The average molecular weight is 330 g/mol. The number of benzene rings is 1. The van der Waals surface area contributed by atoms with Crippen molar-refractivity contribution >= 4 is 17.7 Å². The fraction of sp³-hybridized carbons (Fsp3) is 0.444. The number of nitrogens with zero attached hydrogens (tertiary/aromatic N) is 2. The van der Waals surface area contributed by atoms with Gasteiger partial charge in [0.25, 0.3) is 0 Å². The van der Waals surface area contributed by atoms with Crippen LogP contribution in [0.5, 0.6) is 0 Å². The zero-order valence-electron chi connectivity index (χ0n) is 13.6. The maximum absolute atomic E-state index is 12.5. The average Bonchev–Trinajstić information content (AvgIpc) is 3.17. The Labute approximate surface area is 141 Å². The molecule has 1 heterocycles. The van der Waals surface area contributed by atoms with Gasteiger partial charge in [0.15, 0.2) is 0 Å². The molecule has 0 unspecified atom stereocenters. The van der Waals surface area contributed by atoms with Gasteiger partial charge in [-0.3, -0.25) is 0 Å². The fourth-order valence-corrected chi connectivity index (χ4v) is 3.75. The van der Waals surface area contributed by atoms with Gasteiger partial charge in [0.2, 0.25) is 0 Å². The van der Waals surface area contributed by atoms with Crippen LogP contribution in [-0.4, -0.2) is 34.1 Å². The normalized spacial score (nSPS) is 16.8. The standard InChI is InChI=1S/C18H22N2O2S/c1-14(15-6-4-3-5-7-15)20-13-19-10-16(20)17(21)22-11-18(8-9-18)12-23-2/h3-7,10,13-14H,8-9,11-12H2,1-2H3/t14-/m1/s1. The molecule has 2 aromatic rings. The fourth-order valence-electron chi connectivity index (χ4n) is 2.77. The highest BCUT2D eigenvalue weighted by molar-refractivity contribution is 7.98. The molecule has 4 nitrogen and oxygen atoms in total. The van der Waals surface area contributed by atoms with E-state index in [1.807, 2.05) is 34.5 Å². The van der Waals surface area contributed by atoms with Gasteiger partial charge in [0.05, 0.1) is 25.2 Å². The van der Waals surface area contributed by atoms with Gasteiger partial charge >= 0.3 is 5.97 Å². The first-order chi connectivity index (χ1) is 11.2. The number of hydrogen-bond acceptors (Lipinski definition) is 4. The monoisotopic (exact) mass is 330 g/mol. The summed E-state index contributed by atoms with van der Waals surface area (Å²) in [5, 5.41) is 0. The molecule has 1 aromatic heterocycles. The minimum absolute atomic E-state index is 0.0438. The minimum atomic E-state index is -0.280. The summed E-state index contributed by atoms with van der Waals surface area (Å²) in [6, 6.07) is 10.1. The molecule has 122 valence electrons. The smallest absolute Gasteiger partial charge is 0.356 e. The van der Waals surface area contributed by atoms with Crippen LogP contribution in [0.15, 0.2) is 42.9 Å². The van der Waals surface area contributed by atoms with E-state index in [9.17, 15) is 4.79 Å². The second kappa shape index (κ2) is 6.79. The Morgan fingerprint density at radius 1 is 1.39 bits per heavy atom. The highest BCUT2D eigenvalue weighted by Gasteiger charge is 2.43. The molecule has 5 heteroatoms. The number of esters is 1. The molecule has 1 aromatic carbocycles. The molecular formula is C18H22N2O2S. The van der Waals surface area contributed by atoms with Gasteiger partial charge in [-0.1, -0.05) is 30.3 Å². The number of ether oxygens (including phenoxy) is 1. The lowest BCUT2D eigenvalue weighted by Crippen LogP contribution is -2.20. The molecule has 0 N–H and O–H groups in total. The Bertz CT molecular complexity index is 665. The molecule has 0 spiro atoms. The number of carbonyl (C=O) groups excluding carboxylic acids is 1. The summed E-state index contributed by atoms with van der Waals surface area (Å²) < 4.78 is 7.46. The highest BCUT2D eigenvalue weighted by Crippen LogP contribution is 2.48. The van der Waals surface area contributed by atoms with Crippen LogP contribution in [0.4, 0.5) is 0 Å². The summed E-state index contributed by atoms with van der Waals surface area (Å²) in [6.07, 6.45) is 7.69. The maximum atomic E-state index is 12.5. The molecule has 0 saturated heterocycles. The van der Waals surface area contributed by atoms with E-state index < -0.39 is 0 Å². The van der Waals surface area contributed by atoms with Gasteiger partial charge in [-0.15, -0.1) is 0 Å². The minimum Gasteiger partial charge on any atom is -0.460 e. The largest absolute Gasteiger partial charge is 0.460 e. The van der Waals surface area contributed by atoms with Crippen molar-refractivity contribution in [2.75, 3.05) is 18.6 Å². The van der Waals surface area contributed by atoms with Crippen molar-refractivity contribution in [2.24, 2.45) is 5.41 Å². The van der Waals surface area contributed by atoms with Gasteiger partial charge in [-0.05, 0) is 31.6 Å². The van der Waals surface area contributed by atoms with Crippen LogP contribution < -0.4 is 0 Å². The van der Waals surface area contributed by atoms with Crippen molar-refractivity contribution in [2.45, 2.75) is 25.8 Å². The Morgan fingerprint density at radius 2 is 2.13 bits per heavy atom. The van der Waals surface area contributed by atoms with E-state index in [0.29, 0.717) is 12.3 Å². The Hall–Kier alpha value is -1.75. The maximum Gasteiger partial charge on any atom is 0.356 e. The van der Waals surface area contributed by atoms with Crippen molar-refractivity contribution < 1.29 is 9.53 Å². The van der Waals surface area contributed by atoms with Gasteiger partial charge < -0.3 is 9.30 Å². The van der Waals surface area contributed by atoms with Gasteiger partial charge in [0.1, 0.15) is 5.69 Å². The topological polar surface area (TPSA) is 44.1 Å². The molecule has 1 aliphatic carbocycles. The number of rotatable bonds is 7. The second-order valence-electron chi connectivity index (χ2n) is 6.28. The predicted molar refractivity (Wildman–Crippen MR) is 92.8 cm³/mol. The molecule has 23 heavy (non-hydrogen) atoms. The lowest BCUT2D eigenvalue weighted by atomic mass is 10.1. The van der Waals surface area contributed by atoms with Crippen LogP contribution in [0.3, 0.4) is 0 Å². The van der Waals surface area contributed by atoms with Crippen molar-refractivity contribution in [3.8, 4) is 0 Å². The first-order valence-corrected chi connectivity index (χ1v) is 9.27. The quantitative estimate of drug-likeness (QED) is 0.725. The molecule has 3 rings (SSSR count). The lowest BCUT2D eigenvalue weighted by Gasteiger charge is -2.18. The summed E-state index contributed by atoms with van der Waals surface area (Å²) in [5.74, 6) is 0.776. The lowest BCUT2D eigenvalue weighted by molar-refractivity contribution is 0.0420. The van der Waals surface area contributed by atoms with E-state index >= 15 is 0 Å². The molecule has 1 aliphatic rings. The molecule has 0 bridgehead atoms. The van der Waals surface area contributed by atoms with Crippen molar-refractivity contribution in [1.82, 2.24) is 9.55 Å². The molecule has 1 atom stereocenters. The summed E-state index contributed by atoms with van der Waals surface area (Å²) in [7, 11) is 0. The van der Waals surface area contributed by atoms with E-state index in [-0.39, 0.29) is 17.4 Å². The summed E-state index contributed by atoms with van der Waals surface area (Å²) >= 11 is 1.82. The summed E-state index contributed by atoms with van der Waals surface area (Å²) in [6.45, 7) is 2.57. The predicted octanol–water partition coefficient (Wildman–Crippen LogP) is 3.79. The Morgan fingerprint density at radius 3 is 2.78 bits per heavy atom. The van der Waals surface area contributed by atoms with Crippen molar-refractivity contribution in [3.05, 3.63) is 54.1 Å². The van der Waals surface area contributed by atoms with E-state index in [0.717, 1.165) is 24.2 Å². The third kappa shape index (κ3) is 3.61. The van der Waals surface area contributed by atoms with E-state index in [4.69, 9.17) is 4.74 Å². The zero-order chi connectivity index (χ0) is 16.3. The van der Waals surface area contributed by atoms with E-state index in [2.05, 4.69) is 30.3 Å². The van der Waals surface area contributed by atoms with Gasteiger partial charge in [-0.2, -0.15) is 11.8 Å².